The molecule has 0 aliphatic rings. The Labute approximate surface area is 80.3 Å². The van der Waals surface area contributed by atoms with Crippen LogP contribution in [0.4, 0.5) is 0 Å². The molecular weight excluding hydrogens is 188 g/mol. The first kappa shape index (κ1) is 8.26. The molecule has 3 nitrogen and oxygen atoms in total. The Hall–Kier alpha value is -1.35. The van der Waals surface area contributed by atoms with Gasteiger partial charge in [-0.05, 0) is 19.1 Å². The second kappa shape index (κ2) is 3.18. The molecule has 0 bridgehead atoms. The van der Waals surface area contributed by atoms with Crippen molar-refractivity contribution in [2.45, 2.75) is 6.92 Å². The van der Waals surface area contributed by atoms with Crippen LogP contribution in [0.15, 0.2) is 29.1 Å². The van der Waals surface area contributed by atoms with Gasteiger partial charge in [0.25, 0.3) is 0 Å². The molecule has 66 valence electrons. The smallest absolute Gasteiger partial charge is 0.129 e. The molecule has 0 aliphatic heterocycles. The number of hydrogen-bond donors (Lipinski definition) is 0. The molecule has 0 saturated heterocycles. The Kier molecular flexibility index (Phi) is 2.02. The SMILES string of the molecule is Cc1conc1-c1ccc(Cl)nc1. The van der Waals surface area contributed by atoms with E-state index in [1.807, 2.05) is 13.0 Å². The van der Waals surface area contributed by atoms with Crippen molar-refractivity contribution >= 4 is 11.6 Å². The normalized spacial score (nSPS) is 10.3. The van der Waals surface area contributed by atoms with E-state index in [1.165, 1.54) is 0 Å². The molecule has 4 heteroatoms. The van der Waals surface area contributed by atoms with Gasteiger partial charge in [-0.25, -0.2) is 4.98 Å². The van der Waals surface area contributed by atoms with Crippen LogP contribution in [-0.4, -0.2) is 10.1 Å². The van der Waals surface area contributed by atoms with Crippen LogP contribution >= 0.6 is 11.6 Å². The highest BCUT2D eigenvalue weighted by atomic mass is 35.5. The van der Waals surface area contributed by atoms with Crippen molar-refractivity contribution in [1.82, 2.24) is 10.1 Å². The lowest BCUT2D eigenvalue weighted by Crippen LogP contribution is -1.82. The standard InChI is InChI=1S/C9H7ClN2O/c1-6-5-13-12-9(6)7-2-3-8(10)11-4-7/h2-5H,1H3. The number of halogens is 1. The van der Waals surface area contributed by atoms with E-state index in [0.29, 0.717) is 5.15 Å². The summed E-state index contributed by atoms with van der Waals surface area (Å²) in [6.07, 6.45) is 3.27. The van der Waals surface area contributed by atoms with Crippen molar-refractivity contribution in [2.24, 2.45) is 0 Å². The van der Waals surface area contributed by atoms with E-state index in [0.717, 1.165) is 16.8 Å². The van der Waals surface area contributed by atoms with Gasteiger partial charge >= 0.3 is 0 Å². The Morgan fingerprint density at radius 3 is 2.77 bits per heavy atom. The zero-order valence-corrected chi connectivity index (χ0v) is 7.75. The van der Waals surface area contributed by atoms with Crippen molar-refractivity contribution in [1.29, 1.82) is 0 Å². The van der Waals surface area contributed by atoms with E-state index in [1.54, 1.807) is 18.5 Å². The molecule has 0 aromatic carbocycles. The van der Waals surface area contributed by atoms with Crippen molar-refractivity contribution in [3.63, 3.8) is 0 Å². The van der Waals surface area contributed by atoms with Crippen LogP contribution in [0.25, 0.3) is 11.3 Å². The molecule has 0 aliphatic carbocycles. The minimum absolute atomic E-state index is 0.477. The van der Waals surface area contributed by atoms with Crippen molar-refractivity contribution in [3.05, 3.63) is 35.3 Å². The molecule has 2 heterocycles. The maximum absolute atomic E-state index is 5.66. The molecule has 2 rings (SSSR count). The van der Waals surface area contributed by atoms with Gasteiger partial charge in [0.15, 0.2) is 0 Å². The highest BCUT2D eigenvalue weighted by Gasteiger charge is 2.05. The van der Waals surface area contributed by atoms with E-state index in [9.17, 15) is 0 Å². The number of hydrogen-bond acceptors (Lipinski definition) is 3. The molecular formula is C9H7ClN2O. The average molecular weight is 195 g/mol. The third-order valence-electron chi connectivity index (χ3n) is 1.75. The Balaban J connectivity index is 2.47. The van der Waals surface area contributed by atoms with Crippen molar-refractivity contribution < 1.29 is 4.52 Å². The molecule has 0 N–H and O–H groups in total. The molecule has 0 saturated carbocycles. The van der Waals surface area contributed by atoms with Gasteiger partial charge in [-0.2, -0.15) is 0 Å². The number of aromatic nitrogens is 2. The minimum Gasteiger partial charge on any atom is -0.364 e. The fourth-order valence-electron chi connectivity index (χ4n) is 1.08. The van der Waals surface area contributed by atoms with Crippen LogP contribution in [0.2, 0.25) is 5.15 Å². The van der Waals surface area contributed by atoms with E-state index in [4.69, 9.17) is 16.1 Å². The van der Waals surface area contributed by atoms with Crippen molar-refractivity contribution in [2.75, 3.05) is 0 Å². The van der Waals surface area contributed by atoms with E-state index in [-0.39, 0.29) is 0 Å². The van der Waals surface area contributed by atoms with Gasteiger partial charge in [-0.15, -0.1) is 0 Å². The summed E-state index contributed by atoms with van der Waals surface area (Å²) in [6, 6.07) is 3.59. The van der Waals surface area contributed by atoms with Gasteiger partial charge in [-0.1, -0.05) is 16.8 Å². The summed E-state index contributed by atoms with van der Waals surface area (Å²) in [5.74, 6) is 0. The molecule has 0 amide bonds. The Bertz CT molecular complexity index is 408. The van der Waals surface area contributed by atoms with Crippen LogP contribution in [0.1, 0.15) is 5.56 Å². The van der Waals surface area contributed by atoms with Gasteiger partial charge in [0.05, 0.1) is 0 Å². The van der Waals surface area contributed by atoms with Crippen LogP contribution in [-0.2, 0) is 0 Å². The summed E-state index contributed by atoms with van der Waals surface area (Å²) in [5, 5.41) is 4.33. The van der Waals surface area contributed by atoms with Crippen molar-refractivity contribution in [3.8, 4) is 11.3 Å². The van der Waals surface area contributed by atoms with Gasteiger partial charge in [0.1, 0.15) is 17.1 Å². The molecule has 0 atom stereocenters. The summed E-state index contributed by atoms with van der Waals surface area (Å²) < 4.78 is 4.82. The van der Waals surface area contributed by atoms with E-state index < -0.39 is 0 Å². The highest BCUT2D eigenvalue weighted by Crippen LogP contribution is 2.21. The highest BCUT2D eigenvalue weighted by molar-refractivity contribution is 6.29. The maximum atomic E-state index is 5.66. The monoisotopic (exact) mass is 194 g/mol. The average Bonchev–Trinajstić information content (AvgIpc) is 2.53. The third-order valence-corrected chi connectivity index (χ3v) is 1.97. The number of pyridine rings is 1. The zero-order chi connectivity index (χ0) is 9.26. The summed E-state index contributed by atoms with van der Waals surface area (Å²) in [7, 11) is 0. The first-order valence-corrected chi connectivity index (χ1v) is 4.18. The van der Waals surface area contributed by atoms with Gasteiger partial charge in [0, 0.05) is 17.3 Å². The molecule has 0 spiro atoms. The van der Waals surface area contributed by atoms with Gasteiger partial charge < -0.3 is 4.52 Å². The maximum Gasteiger partial charge on any atom is 0.129 e. The topological polar surface area (TPSA) is 38.9 Å². The molecule has 0 fully saturated rings. The predicted molar refractivity (Wildman–Crippen MR) is 49.5 cm³/mol. The summed E-state index contributed by atoms with van der Waals surface area (Å²) in [6.45, 7) is 1.93. The fraction of sp³-hybridized carbons (Fsp3) is 0.111. The second-order valence-electron chi connectivity index (χ2n) is 2.72. The molecule has 0 radical (unpaired) electrons. The number of nitrogens with zero attached hydrogens (tertiary/aromatic N) is 2. The van der Waals surface area contributed by atoms with Crippen LogP contribution in [0.5, 0.6) is 0 Å². The lowest BCUT2D eigenvalue weighted by atomic mass is 10.1. The lowest BCUT2D eigenvalue weighted by molar-refractivity contribution is 0.421. The molecule has 2 aromatic heterocycles. The Morgan fingerprint density at radius 1 is 1.38 bits per heavy atom. The molecule has 2 aromatic rings. The van der Waals surface area contributed by atoms with E-state index in [2.05, 4.69) is 10.1 Å². The van der Waals surface area contributed by atoms with Gasteiger partial charge in [0.2, 0.25) is 0 Å². The first-order chi connectivity index (χ1) is 6.27. The third kappa shape index (κ3) is 1.55. The van der Waals surface area contributed by atoms with Crippen LogP contribution in [0.3, 0.4) is 0 Å². The van der Waals surface area contributed by atoms with Crippen LogP contribution < -0.4 is 0 Å². The zero-order valence-electron chi connectivity index (χ0n) is 6.99. The molecule has 13 heavy (non-hydrogen) atoms. The first-order valence-electron chi connectivity index (χ1n) is 3.80. The fourth-order valence-corrected chi connectivity index (χ4v) is 1.19. The van der Waals surface area contributed by atoms with Crippen LogP contribution in [0, 0.1) is 6.92 Å². The number of aryl methyl sites for hydroxylation is 1. The van der Waals surface area contributed by atoms with Gasteiger partial charge in [-0.3, -0.25) is 0 Å². The second-order valence-corrected chi connectivity index (χ2v) is 3.10. The predicted octanol–water partition coefficient (Wildman–Crippen LogP) is 2.70. The summed E-state index contributed by atoms with van der Waals surface area (Å²) >= 11 is 5.66. The van der Waals surface area contributed by atoms with E-state index >= 15 is 0 Å². The largest absolute Gasteiger partial charge is 0.364 e. The summed E-state index contributed by atoms with van der Waals surface area (Å²) in [5.41, 5.74) is 2.71. The quantitative estimate of drug-likeness (QED) is 0.656. The summed E-state index contributed by atoms with van der Waals surface area (Å²) in [4.78, 5) is 3.96. The number of rotatable bonds is 1. The minimum atomic E-state index is 0.477. The molecule has 0 unspecified atom stereocenters. The lowest BCUT2D eigenvalue weighted by Gasteiger charge is -1.95. The Morgan fingerprint density at radius 2 is 2.23 bits per heavy atom.